The number of aromatic nitrogens is 3. The Labute approximate surface area is 277 Å². The van der Waals surface area contributed by atoms with Crippen LogP contribution in [0, 0.1) is 0 Å². The lowest BCUT2D eigenvalue weighted by Gasteiger charge is -2.36. The van der Waals surface area contributed by atoms with E-state index < -0.39 is 23.7 Å². The first kappa shape index (κ1) is 32.4. The number of carbonyl (C=O) groups is 2. The molecule has 2 aromatic heterocycles. The van der Waals surface area contributed by atoms with Crippen molar-refractivity contribution in [2.45, 2.75) is 38.1 Å². The molecule has 3 heterocycles. The van der Waals surface area contributed by atoms with E-state index in [1.165, 1.54) is 29.8 Å². The summed E-state index contributed by atoms with van der Waals surface area (Å²) in [5.41, 5.74) is 5.53. The first-order valence-corrected chi connectivity index (χ1v) is 15.6. The van der Waals surface area contributed by atoms with Crippen LogP contribution in [0.1, 0.15) is 33.4 Å². The second-order valence-electron chi connectivity index (χ2n) is 11.9. The molecule has 0 fully saturated rings. The highest BCUT2D eigenvalue weighted by Gasteiger charge is 2.34. The van der Waals surface area contributed by atoms with E-state index in [0.717, 1.165) is 39.9 Å². The third kappa shape index (κ3) is 7.71. The zero-order chi connectivity index (χ0) is 33.7. The second kappa shape index (κ2) is 14.1. The predicted octanol–water partition coefficient (Wildman–Crippen LogP) is 6.74. The SMILES string of the molecule is Cn1cc(C[C@@H](C(=O)N2CCc3ccccc3C2)N(Cc2ccc(-c3ccncc3)cc2)C(=O)C=Cc2ccc(C(F)(F)F)cc2)cn1. The molecule has 0 aliphatic carbocycles. The predicted molar refractivity (Wildman–Crippen MR) is 177 cm³/mol. The Morgan fingerprint density at radius 2 is 1.58 bits per heavy atom. The molecule has 1 aliphatic rings. The molecule has 0 radical (unpaired) electrons. The molecule has 0 saturated heterocycles. The molecular weight excluding hydrogens is 615 g/mol. The highest BCUT2D eigenvalue weighted by molar-refractivity contribution is 5.96. The van der Waals surface area contributed by atoms with Gasteiger partial charge in [0.1, 0.15) is 6.04 Å². The van der Waals surface area contributed by atoms with E-state index in [1.54, 1.807) is 40.1 Å². The number of alkyl halides is 3. The molecule has 244 valence electrons. The molecule has 48 heavy (non-hydrogen) atoms. The zero-order valence-corrected chi connectivity index (χ0v) is 26.3. The standard InChI is InChI=1S/C38H34F3N5O2/c1-44-24-29(23-43-44)22-35(37(48)45-21-18-30-4-2-3-5-33(30)26-45)46(25-28-6-11-31(12-7-28)32-16-19-42-20-17-32)36(47)15-10-27-8-13-34(14-9-27)38(39,40)41/h2-17,19-20,23-24,35H,18,21-22,25-26H2,1H3/t35-/m0/s1. The van der Waals surface area contributed by atoms with E-state index in [-0.39, 0.29) is 18.9 Å². The van der Waals surface area contributed by atoms with Crippen LogP contribution in [0.2, 0.25) is 0 Å². The average molecular weight is 650 g/mol. The molecule has 0 N–H and O–H groups in total. The minimum Gasteiger partial charge on any atom is -0.336 e. The minimum atomic E-state index is -4.46. The van der Waals surface area contributed by atoms with Crippen molar-refractivity contribution in [2.24, 2.45) is 7.05 Å². The van der Waals surface area contributed by atoms with Crippen LogP contribution in [-0.2, 0) is 48.7 Å². The monoisotopic (exact) mass is 649 g/mol. The first-order chi connectivity index (χ1) is 23.1. The summed E-state index contributed by atoms with van der Waals surface area (Å²) in [5, 5.41) is 4.29. The summed E-state index contributed by atoms with van der Waals surface area (Å²) >= 11 is 0. The maximum atomic E-state index is 14.5. The van der Waals surface area contributed by atoms with E-state index in [0.29, 0.717) is 25.1 Å². The number of pyridine rings is 1. The van der Waals surface area contributed by atoms with E-state index in [2.05, 4.69) is 16.1 Å². The molecule has 0 spiro atoms. The number of rotatable bonds is 9. The highest BCUT2D eigenvalue weighted by atomic mass is 19.4. The zero-order valence-electron chi connectivity index (χ0n) is 26.3. The second-order valence-corrected chi connectivity index (χ2v) is 11.9. The lowest BCUT2D eigenvalue weighted by molar-refractivity contribution is -0.144. The minimum absolute atomic E-state index is 0.133. The summed E-state index contributed by atoms with van der Waals surface area (Å²) in [6, 6.07) is 23.4. The number of hydrogen-bond donors (Lipinski definition) is 0. The van der Waals surface area contributed by atoms with Crippen molar-refractivity contribution in [1.82, 2.24) is 24.6 Å². The van der Waals surface area contributed by atoms with Gasteiger partial charge >= 0.3 is 6.18 Å². The van der Waals surface area contributed by atoms with Crippen LogP contribution in [0.25, 0.3) is 17.2 Å². The molecule has 10 heteroatoms. The Morgan fingerprint density at radius 3 is 2.25 bits per heavy atom. The molecule has 3 aromatic carbocycles. The number of benzene rings is 3. The number of aryl methyl sites for hydroxylation is 1. The molecular formula is C38H34F3N5O2. The van der Waals surface area contributed by atoms with E-state index in [4.69, 9.17) is 0 Å². The number of carbonyl (C=O) groups excluding carboxylic acids is 2. The van der Waals surface area contributed by atoms with Crippen LogP contribution < -0.4 is 0 Å². The van der Waals surface area contributed by atoms with Gasteiger partial charge in [-0.25, -0.2) is 0 Å². The largest absolute Gasteiger partial charge is 0.416 e. The number of fused-ring (bicyclic) bond motifs is 1. The molecule has 6 rings (SSSR count). The lowest BCUT2D eigenvalue weighted by atomic mass is 9.97. The highest BCUT2D eigenvalue weighted by Crippen LogP contribution is 2.29. The fraction of sp³-hybridized carbons (Fsp3) is 0.211. The molecule has 0 unspecified atom stereocenters. The summed E-state index contributed by atoms with van der Waals surface area (Å²) in [5.74, 6) is -0.620. The van der Waals surface area contributed by atoms with Crippen molar-refractivity contribution < 1.29 is 22.8 Å². The van der Waals surface area contributed by atoms with Crippen molar-refractivity contribution in [3.05, 3.63) is 149 Å². The summed E-state index contributed by atoms with van der Waals surface area (Å²) in [4.78, 5) is 36.0. The van der Waals surface area contributed by atoms with Gasteiger partial charge in [0.05, 0.1) is 11.8 Å². The fourth-order valence-electron chi connectivity index (χ4n) is 5.96. The van der Waals surface area contributed by atoms with Crippen molar-refractivity contribution >= 4 is 17.9 Å². The smallest absolute Gasteiger partial charge is 0.336 e. The van der Waals surface area contributed by atoms with Crippen LogP contribution in [0.5, 0.6) is 0 Å². The molecule has 2 amide bonds. The van der Waals surface area contributed by atoms with Crippen LogP contribution in [0.3, 0.4) is 0 Å². The number of halogens is 3. The van der Waals surface area contributed by atoms with Crippen LogP contribution in [0.4, 0.5) is 13.2 Å². The summed E-state index contributed by atoms with van der Waals surface area (Å²) in [7, 11) is 1.79. The fourth-order valence-corrected chi connectivity index (χ4v) is 5.96. The van der Waals surface area contributed by atoms with Gasteiger partial charge in [-0.2, -0.15) is 18.3 Å². The Hall–Kier alpha value is -5.51. The van der Waals surface area contributed by atoms with Gasteiger partial charge in [0.25, 0.3) is 0 Å². The number of nitrogens with zero attached hydrogens (tertiary/aromatic N) is 5. The van der Waals surface area contributed by atoms with Crippen LogP contribution in [-0.4, -0.2) is 49.0 Å². The van der Waals surface area contributed by atoms with Gasteiger partial charge in [0.2, 0.25) is 11.8 Å². The lowest BCUT2D eigenvalue weighted by Crippen LogP contribution is -2.52. The van der Waals surface area contributed by atoms with Gasteiger partial charge in [-0.1, -0.05) is 60.7 Å². The van der Waals surface area contributed by atoms with Gasteiger partial charge in [-0.3, -0.25) is 19.3 Å². The van der Waals surface area contributed by atoms with Gasteiger partial charge in [0.15, 0.2) is 0 Å². The molecule has 1 atom stereocenters. The molecule has 5 aromatic rings. The van der Waals surface area contributed by atoms with Crippen molar-refractivity contribution in [1.29, 1.82) is 0 Å². The molecule has 7 nitrogen and oxygen atoms in total. The third-order valence-electron chi connectivity index (χ3n) is 8.55. The number of hydrogen-bond acceptors (Lipinski definition) is 4. The quantitative estimate of drug-likeness (QED) is 0.166. The van der Waals surface area contributed by atoms with Crippen LogP contribution >= 0.6 is 0 Å². The average Bonchev–Trinajstić information content (AvgIpc) is 3.52. The molecule has 0 saturated carbocycles. The van der Waals surface area contributed by atoms with Crippen molar-refractivity contribution in [2.75, 3.05) is 6.54 Å². The van der Waals surface area contributed by atoms with Gasteiger partial charge < -0.3 is 9.80 Å². The maximum absolute atomic E-state index is 14.5. The third-order valence-corrected chi connectivity index (χ3v) is 8.55. The normalized spacial score (nSPS) is 13.7. The van der Waals surface area contributed by atoms with Crippen molar-refractivity contribution in [3.8, 4) is 11.1 Å². The summed E-state index contributed by atoms with van der Waals surface area (Å²) < 4.78 is 41.0. The van der Waals surface area contributed by atoms with E-state index >= 15 is 0 Å². The van der Waals surface area contributed by atoms with Crippen LogP contribution in [0.15, 0.2) is 116 Å². The van der Waals surface area contributed by atoms with Gasteiger partial charge in [-0.05, 0) is 75.7 Å². The van der Waals surface area contributed by atoms with Gasteiger partial charge in [-0.15, -0.1) is 0 Å². The molecule has 1 aliphatic heterocycles. The van der Waals surface area contributed by atoms with Gasteiger partial charge in [0, 0.05) is 57.8 Å². The van der Waals surface area contributed by atoms with Crippen molar-refractivity contribution in [3.63, 3.8) is 0 Å². The topological polar surface area (TPSA) is 71.3 Å². The van der Waals surface area contributed by atoms with E-state index in [9.17, 15) is 22.8 Å². The summed E-state index contributed by atoms with van der Waals surface area (Å²) in [6.45, 7) is 1.08. The first-order valence-electron chi connectivity index (χ1n) is 15.6. The maximum Gasteiger partial charge on any atom is 0.416 e. The Balaban J connectivity index is 1.33. The Kier molecular flexibility index (Phi) is 9.52. The number of amides is 2. The molecule has 0 bridgehead atoms. The summed E-state index contributed by atoms with van der Waals surface area (Å²) in [6.07, 6.45) is 6.25. The van der Waals surface area contributed by atoms with E-state index in [1.807, 2.05) is 60.8 Å². The Morgan fingerprint density at radius 1 is 0.896 bits per heavy atom. The Bertz CT molecular complexity index is 1900.